The summed E-state index contributed by atoms with van der Waals surface area (Å²) in [6, 6.07) is 4.78. The number of hydrogen-bond acceptors (Lipinski definition) is 8. The third-order valence-electron chi connectivity index (χ3n) is 3.25. The van der Waals surface area contributed by atoms with Crippen molar-refractivity contribution in [3.8, 4) is 11.5 Å². The van der Waals surface area contributed by atoms with Crippen molar-refractivity contribution in [1.29, 1.82) is 0 Å². The molecule has 26 heavy (non-hydrogen) atoms. The lowest BCUT2D eigenvalue weighted by molar-refractivity contribution is -0.387. The Labute approximate surface area is 149 Å². The Hall–Kier alpha value is -3.21. The molecular formula is C15H11FN4O5S. The number of amides is 1. The van der Waals surface area contributed by atoms with Crippen LogP contribution in [0.1, 0.15) is 5.76 Å². The monoisotopic (exact) mass is 378 g/mol. The minimum atomic E-state index is -0.977. The number of halogens is 1. The first-order chi connectivity index (χ1) is 12.4. The van der Waals surface area contributed by atoms with Crippen LogP contribution >= 0.6 is 11.8 Å². The highest BCUT2D eigenvalue weighted by molar-refractivity contribution is 7.99. The zero-order valence-corrected chi connectivity index (χ0v) is 14.1. The zero-order valence-electron chi connectivity index (χ0n) is 13.3. The molecule has 0 aliphatic heterocycles. The maximum absolute atomic E-state index is 13.3. The van der Waals surface area contributed by atoms with Crippen molar-refractivity contribution >= 4 is 29.0 Å². The molecular weight excluding hydrogens is 367 g/mol. The molecule has 1 N–H and O–H groups in total. The number of benzene rings is 1. The number of carbonyl (C=O) groups is 1. The van der Waals surface area contributed by atoms with Gasteiger partial charge in [-0.15, -0.1) is 10.2 Å². The summed E-state index contributed by atoms with van der Waals surface area (Å²) in [4.78, 5) is 21.8. The Balaban J connectivity index is 1.60. The molecule has 9 nitrogen and oxygen atoms in total. The molecule has 134 valence electrons. The summed E-state index contributed by atoms with van der Waals surface area (Å²) in [7, 11) is 0. The van der Waals surface area contributed by atoms with E-state index in [9.17, 15) is 19.3 Å². The first-order valence-electron chi connectivity index (χ1n) is 7.18. The summed E-state index contributed by atoms with van der Waals surface area (Å²) in [5, 5.41) is 21.0. The van der Waals surface area contributed by atoms with Crippen LogP contribution in [-0.4, -0.2) is 26.8 Å². The van der Waals surface area contributed by atoms with Crippen LogP contribution in [0, 0.1) is 22.9 Å². The van der Waals surface area contributed by atoms with Gasteiger partial charge in [-0.25, -0.2) is 0 Å². The maximum atomic E-state index is 13.3. The van der Waals surface area contributed by atoms with Crippen LogP contribution < -0.4 is 5.32 Å². The minimum Gasteiger partial charge on any atom is -0.469 e. The van der Waals surface area contributed by atoms with Crippen LogP contribution in [0.15, 0.2) is 44.6 Å². The van der Waals surface area contributed by atoms with Gasteiger partial charge in [0, 0.05) is 11.8 Å². The van der Waals surface area contributed by atoms with E-state index >= 15 is 0 Å². The number of aryl methyl sites for hydroxylation is 1. The Kier molecular flexibility index (Phi) is 4.98. The van der Waals surface area contributed by atoms with Crippen LogP contribution in [0.25, 0.3) is 11.5 Å². The maximum Gasteiger partial charge on any atom is 0.306 e. The van der Waals surface area contributed by atoms with Crippen molar-refractivity contribution in [2.24, 2.45) is 0 Å². The fourth-order valence-corrected chi connectivity index (χ4v) is 2.60. The summed E-state index contributed by atoms with van der Waals surface area (Å²) in [5.74, 6) is -0.614. The van der Waals surface area contributed by atoms with E-state index in [0.717, 1.165) is 23.9 Å². The second kappa shape index (κ2) is 7.35. The van der Waals surface area contributed by atoms with Gasteiger partial charge in [0.15, 0.2) is 0 Å². The number of nitro benzene ring substituents is 1. The first kappa shape index (κ1) is 17.6. The SMILES string of the molecule is Cc1occc1-c1nnc(SCC(=O)Nc2ccc(F)c([N+](=O)[O-])c2)o1. The summed E-state index contributed by atoms with van der Waals surface area (Å²) in [5.41, 5.74) is 0.0591. The van der Waals surface area contributed by atoms with Gasteiger partial charge in [0.2, 0.25) is 11.7 Å². The molecule has 1 aromatic carbocycles. The lowest BCUT2D eigenvalue weighted by Gasteiger charge is -2.04. The van der Waals surface area contributed by atoms with Gasteiger partial charge in [0.05, 0.1) is 22.5 Å². The highest BCUT2D eigenvalue weighted by atomic mass is 32.2. The van der Waals surface area contributed by atoms with Crippen molar-refractivity contribution in [3.63, 3.8) is 0 Å². The molecule has 0 unspecified atom stereocenters. The third kappa shape index (κ3) is 3.88. The summed E-state index contributed by atoms with van der Waals surface area (Å²) in [6.45, 7) is 1.75. The molecule has 11 heteroatoms. The fourth-order valence-electron chi connectivity index (χ4n) is 2.04. The summed E-state index contributed by atoms with van der Waals surface area (Å²) >= 11 is 0.995. The number of carbonyl (C=O) groups excluding carboxylic acids is 1. The summed E-state index contributed by atoms with van der Waals surface area (Å²) in [6.07, 6.45) is 1.50. The van der Waals surface area contributed by atoms with Gasteiger partial charge >= 0.3 is 5.69 Å². The van der Waals surface area contributed by atoms with Crippen LogP contribution in [0.4, 0.5) is 15.8 Å². The van der Waals surface area contributed by atoms with Gasteiger partial charge < -0.3 is 14.2 Å². The lowest BCUT2D eigenvalue weighted by Crippen LogP contribution is -2.14. The predicted molar refractivity (Wildman–Crippen MR) is 89.1 cm³/mol. The molecule has 1 amide bonds. The van der Waals surface area contributed by atoms with Crippen molar-refractivity contribution in [2.75, 3.05) is 11.1 Å². The summed E-state index contributed by atoms with van der Waals surface area (Å²) < 4.78 is 23.9. The normalized spacial score (nSPS) is 10.7. The number of nitrogens with one attached hydrogen (secondary N) is 1. The molecule has 0 fully saturated rings. The average Bonchev–Trinajstić information content (AvgIpc) is 3.23. The molecule has 0 atom stereocenters. The molecule has 0 saturated heterocycles. The van der Waals surface area contributed by atoms with Crippen LogP contribution in [-0.2, 0) is 4.79 Å². The van der Waals surface area contributed by atoms with Crippen LogP contribution in [0.5, 0.6) is 0 Å². The molecule has 0 aliphatic rings. The van der Waals surface area contributed by atoms with Gasteiger partial charge in [-0.3, -0.25) is 14.9 Å². The van der Waals surface area contributed by atoms with Crippen molar-refractivity contribution in [2.45, 2.75) is 12.1 Å². The number of hydrogen-bond donors (Lipinski definition) is 1. The van der Waals surface area contributed by atoms with Gasteiger partial charge in [-0.05, 0) is 25.1 Å². The van der Waals surface area contributed by atoms with E-state index in [1.165, 1.54) is 12.3 Å². The molecule has 3 aromatic rings. The zero-order chi connectivity index (χ0) is 18.7. The molecule has 0 bridgehead atoms. The van der Waals surface area contributed by atoms with E-state index in [1.807, 2.05) is 0 Å². The molecule has 0 aliphatic carbocycles. The number of rotatable bonds is 6. The largest absolute Gasteiger partial charge is 0.469 e. The van der Waals surface area contributed by atoms with E-state index in [1.54, 1.807) is 13.0 Å². The van der Waals surface area contributed by atoms with Gasteiger partial charge in [0.1, 0.15) is 5.76 Å². The predicted octanol–water partition coefficient (Wildman–Crippen LogP) is 3.42. The molecule has 0 spiro atoms. The van der Waals surface area contributed by atoms with E-state index < -0.39 is 22.3 Å². The standard InChI is InChI=1S/C15H11FN4O5S/c1-8-10(4-5-24-8)14-18-19-15(25-14)26-7-13(21)17-9-2-3-11(16)12(6-9)20(22)23/h2-6H,7H2,1H3,(H,17,21). The molecule has 2 aromatic heterocycles. The first-order valence-corrected chi connectivity index (χ1v) is 8.17. The second-order valence-electron chi connectivity index (χ2n) is 5.02. The quantitative estimate of drug-likeness (QED) is 0.393. The van der Waals surface area contributed by atoms with Crippen molar-refractivity contribution in [1.82, 2.24) is 10.2 Å². The van der Waals surface area contributed by atoms with Crippen molar-refractivity contribution < 1.29 is 22.9 Å². The van der Waals surface area contributed by atoms with E-state index in [2.05, 4.69) is 15.5 Å². The van der Waals surface area contributed by atoms with E-state index in [-0.39, 0.29) is 22.6 Å². The lowest BCUT2D eigenvalue weighted by atomic mass is 10.2. The van der Waals surface area contributed by atoms with E-state index in [0.29, 0.717) is 11.3 Å². The Morgan fingerprint density at radius 3 is 2.88 bits per heavy atom. The van der Waals surface area contributed by atoms with Crippen molar-refractivity contribution in [3.05, 3.63) is 52.2 Å². The number of nitro groups is 1. The smallest absolute Gasteiger partial charge is 0.306 e. The number of aromatic nitrogens is 2. The van der Waals surface area contributed by atoms with E-state index in [4.69, 9.17) is 8.83 Å². The second-order valence-corrected chi connectivity index (χ2v) is 5.95. The number of furan rings is 1. The Morgan fingerprint density at radius 1 is 1.38 bits per heavy atom. The van der Waals surface area contributed by atoms with Crippen LogP contribution in [0.3, 0.4) is 0 Å². The highest BCUT2D eigenvalue weighted by Crippen LogP contribution is 2.26. The van der Waals surface area contributed by atoms with Crippen LogP contribution in [0.2, 0.25) is 0 Å². The molecule has 0 saturated carbocycles. The Morgan fingerprint density at radius 2 is 2.19 bits per heavy atom. The number of nitrogens with zero attached hydrogens (tertiary/aromatic N) is 3. The number of thioether (sulfide) groups is 1. The minimum absolute atomic E-state index is 0.0722. The highest BCUT2D eigenvalue weighted by Gasteiger charge is 2.17. The number of anilines is 1. The topological polar surface area (TPSA) is 124 Å². The third-order valence-corrected chi connectivity index (χ3v) is 4.07. The average molecular weight is 378 g/mol. The van der Waals surface area contributed by atoms with Gasteiger partial charge in [-0.1, -0.05) is 11.8 Å². The Bertz CT molecular complexity index is 971. The fraction of sp³-hybridized carbons (Fsp3) is 0.133. The molecule has 3 rings (SSSR count). The van der Waals surface area contributed by atoms with Gasteiger partial charge in [-0.2, -0.15) is 4.39 Å². The molecule has 0 radical (unpaired) electrons. The molecule has 2 heterocycles. The van der Waals surface area contributed by atoms with Gasteiger partial charge in [0.25, 0.3) is 11.1 Å².